The van der Waals surface area contributed by atoms with E-state index >= 15 is 0 Å². The van der Waals surface area contributed by atoms with Crippen molar-refractivity contribution in [3.63, 3.8) is 0 Å². The Morgan fingerprint density at radius 3 is 2.50 bits per heavy atom. The van der Waals surface area contributed by atoms with Crippen molar-refractivity contribution in [3.8, 4) is 0 Å². The van der Waals surface area contributed by atoms with Gasteiger partial charge in [-0.2, -0.15) is 0 Å². The molecule has 18 heavy (non-hydrogen) atoms. The fourth-order valence-electron chi connectivity index (χ4n) is 1.44. The van der Waals surface area contributed by atoms with E-state index in [-0.39, 0.29) is 12.7 Å². The molecule has 0 aliphatic rings. The largest absolute Gasteiger partial charge is 0.444 e. The summed E-state index contributed by atoms with van der Waals surface area (Å²) >= 11 is 0. The standard InChI is InChI=1S/C13H28N2O3/c1-11(7-5-10-16)14-8-6-9-15-12(17)18-13(2,3)4/h11,14,16H,5-10H2,1-4H3,(H,15,17). The van der Waals surface area contributed by atoms with E-state index < -0.39 is 5.60 Å². The number of hydrogen-bond acceptors (Lipinski definition) is 4. The van der Waals surface area contributed by atoms with Crippen molar-refractivity contribution >= 4 is 6.09 Å². The van der Waals surface area contributed by atoms with E-state index in [1.54, 1.807) is 0 Å². The van der Waals surface area contributed by atoms with Crippen molar-refractivity contribution in [1.29, 1.82) is 0 Å². The van der Waals surface area contributed by atoms with E-state index in [0.717, 1.165) is 25.8 Å². The lowest BCUT2D eigenvalue weighted by atomic mass is 10.2. The second kappa shape index (κ2) is 9.16. The maximum atomic E-state index is 11.3. The van der Waals surface area contributed by atoms with Crippen LogP contribution in [0.5, 0.6) is 0 Å². The number of ether oxygens (including phenoxy) is 1. The van der Waals surface area contributed by atoms with Crippen molar-refractivity contribution < 1.29 is 14.6 Å². The summed E-state index contributed by atoms with van der Waals surface area (Å²) < 4.78 is 5.12. The molecule has 0 fully saturated rings. The number of hydrogen-bond donors (Lipinski definition) is 3. The fourth-order valence-corrected chi connectivity index (χ4v) is 1.44. The van der Waals surface area contributed by atoms with Gasteiger partial charge in [-0.3, -0.25) is 0 Å². The molecule has 0 radical (unpaired) electrons. The summed E-state index contributed by atoms with van der Waals surface area (Å²) in [7, 11) is 0. The van der Waals surface area contributed by atoms with E-state index in [4.69, 9.17) is 9.84 Å². The molecule has 0 rings (SSSR count). The van der Waals surface area contributed by atoms with Crippen molar-refractivity contribution in [3.05, 3.63) is 0 Å². The Balaban J connectivity index is 3.42. The molecule has 0 heterocycles. The van der Waals surface area contributed by atoms with Crippen LogP contribution < -0.4 is 10.6 Å². The Bertz CT molecular complexity index is 227. The van der Waals surface area contributed by atoms with Gasteiger partial charge in [-0.15, -0.1) is 0 Å². The first-order chi connectivity index (χ1) is 8.35. The van der Waals surface area contributed by atoms with Gasteiger partial charge in [0.2, 0.25) is 0 Å². The van der Waals surface area contributed by atoms with Gasteiger partial charge < -0.3 is 20.5 Å². The maximum absolute atomic E-state index is 11.3. The number of carbonyl (C=O) groups is 1. The molecule has 3 N–H and O–H groups in total. The molecule has 1 atom stereocenters. The lowest BCUT2D eigenvalue weighted by molar-refractivity contribution is 0.0527. The third kappa shape index (κ3) is 11.7. The van der Waals surface area contributed by atoms with Gasteiger partial charge in [0.25, 0.3) is 0 Å². The van der Waals surface area contributed by atoms with Crippen LogP contribution in [-0.2, 0) is 4.74 Å². The number of rotatable bonds is 8. The number of carbonyl (C=O) groups excluding carboxylic acids is 1. The average Bonchev–Trinajstić information content (AvgIpc) is 2.23. The molecular weight excluding hydrogens is 232 g/mol. The lowest BCUT2D eigenvalue weighted by Crippen LogP contribution is -2.34. The van der Waals surface area contributed by atoms with E-state index in [1.165, 1.54) is 0 Å². The molecule has 5 nitrogen and oxygen atoms in total. The summed E-state index contributed by atoms with van der Waals surface area (Å²) in [5.41, 5.74) is -0.443. The Morgan fingerprint density at radius 1 is 1.28 bits per heavy atom. The van der Waals surface area contributed by atoms with Crippen LogP contribution in [-0.4, -0.2) is 42.5 Å². The first-order valence-electron chi connectivity index (χ1n) is 6.66. The van der Waals surface area contributed by atoms with Crippen LogP contribution in [0, 0.1) is 0 Å². The van der Waals surface area contributed by atoms with E-state index in [0.29, 0.717) is 12.6 Å². The summed E-state index contributed by atoms with van der Waals surface area (Å²) in [5.74, 6) is 0. The number of aliphatic hydroxyl groups excluding tert-OH is 1. The summed E-state index contributed by atoms with van der Waals surface area (Å²) in [6.45, 7) is 9.32. The maximum Gasteiger partial charge on any atom is 0.407 e. The molecule has 0 aromatic rings. The molecule has 0 aromatic heterocycles. The third-order valence-electron chi connectivity index (χ3n) is 2.31. The summed E-state index contributed by atoms with van der Waals surface area (Å²) in [6, 6.07) is 0.402. The number of amides is 1. The molecule has 0 saturated heterocycles. The van der Waals surface area contributed by atoms with E-state index in [2.05, 4.69) is 17.6 Å². The quantitative estimate of drug-likeness (QED) is 0.580. The average molecular weight is 260 g/mol. The van der Waals surface area contributed by atoms with Crippen molar-refractivity contribution in [2.24, 2.45) is 0 Å². The molecule has 5 heteroatoms. The molecule has 0 spiro atoms. The molecule has 0 saturated carbocycles. The van der Waals surface area contributed by atoms with Gasteiger partial charge in [-0.05, 0) is 53.5 Å². The third-order valence-corrected chi connectivity index (χ3v) is 2.31. The van der Waals surface area contributed by atoms with Gasteiger partial charge in [0.05, 0.1) is 0 Å². The Kier molecular flexibility index (Phi) is 8.75. The lowest BCUT2D eigenvalue weighted by Gasteiger charge is -2.19. The minimum Gasteiger partial charge on any atom is -0.444 e. The highest BCUT2D eigenvalue weighted by molar-refractivity contribution is 5.67. The molecule has 108 valence electrons. The van der Waals surface area contributed by atoms with Crippen LogP contribution in [0.15, 0.2) is 0 Å². The first kappa shape index (κ1) is 17.2. The minimum atomic E-state index is -0.443. The highest BCUT2D eigenvalue weighted by Crippen LogP contribution is 2.06. The van der Waals surface area contributed by atoms with Crippen LogP contribution in [0.1, 0.15) is 47.0 Å². The van der Waals surface area contributed by atoms with E-state index in [9.17, 15) is 4.79 Å². The second-order valence-electron chi connectivity index (χ2n) is 5.50. The minimum absolute atomic E-state index is 0.242. The molecule has 0 aliphatic carbocycles. The van der Waals surface area contributed by atoms with Crippen LogP contribution in [0.25, 0.3) is 0 Å². The van der Waals surface area contributed by atoms with Crippen molar-refractivity contribution in [2.75, 3.05) is 19.7 Å². The van der Waals surface area contributed by atoms with Crippen molar-refractivity contribution in [1.82, 2.24) is 10.6 Å². The van der Waals surface area contributed by atoms with Gasteiger partial charge in [-0.1, -0.05) is 0 Å². The SMILES string of the molecule is CC(CCCO)NCCCNC(=O)OC(C)(C)C. The zero-order valence-electron chi connectivity index (χ0n) is 12.1. The van der Waals surface area contributed by atoms with Gasteiger partial charge >= 0.3 is 6.09 Å². The Morgan fingerprint density at radius 2 is 1.94 bits per heavy atom. The second-order valence-corrected chi connectivity index (χ2v) is 5.50. The highest BCUT2D eigenvalue weighted by atomic mass is 16.6. The van der Waals surface area contributed by atoms with Gasteiger partial charge in [-0.25, -0.2) is 4.79 Å². The van der Waals surface area contributed by atoms with Crippen LogP contribution in [0.4, 0.5) is 4.79 Å². The monoisotopic (exact) mass is 260 g/mol. The number of aliphatic hydroxyl groups is 1. The van der Waals surface area contributed by atoms with Crippen LogP contribution in [0.3, 0.4) is 0 Å². The molecule has 1 amide bonds. The Labute approximate surface area is 110 Å². The molecule has 0 aliphatic heterocycles. The number of nitrogens with one attached hydrogen (secondary N) is 2. The van der Waals surface area contributed by atoms with Crippen LogP contribution in [0.2, 0.25) is 0 Å². The summed E-state index contributed by atoms with van der Waals surface area (Å²) in [5, 5.41) is 14.7. The van der Waals surface area contributed by atoms with Crippen molar-refractivity contribution in [2.45, 2.75) is 58.6 Å². The normalized spacial score (nSPS) is 13.2. The topological polar surface area (TPSA) is 70.6 Å². The Hall–Kier alpha value is -0.810. The van der Waals surface area contributed by atoms with Gasteiger partial charge in [0.15, 0.2) is 0 Å². The molecule has 0 bridgehead atoms. The molecule has 0 aromatic carbocycles. The molecule has 1 unspecified atom stereocenters. The zero-order valence-corrected chi connectivity index (χ0v) is 12.1. The fraction of sp³-hybridized carbons (Fsp3) is 0.923. The van der Waals surface area contributed by atoms with Gasteiger partial charge in [0, 0.05) is 19.2 Å². The van der Waals surface area contributed by atoms with Gasteiger partial charge in [0.1, 0.15) is 5.60 Å². The predicted octanol–water partition coefficient (Wildman–Crippen LogP) is 1.65. The number of alkyl carbamates (subject to hydrolysis) is 1. The highest BCUT2D eigenvalue weighted by Gasteiger charge is 2.15. The van der Waals surface area contributed by atoms with Crippen LogP contribution >= 0.6 is 0 Å². The molecular formula is C13H28N2O3. The predicted molar refractivity (Wildman–Crippen MR) is 72.6 cm³/mol. The smallest absolute Gasteiger partial charge is 0.407 e. The summed E-state index contributed by atoms with van der Waals surface area (Å²) in [4.78, 5) is 11.3. The zero-order chi connectivity index (χ0) is 14.0. The first-order valence-corrected chi connectivity index (χ1v) is 6.66. The van der Waals surface area contributed by atoms with E-state index in [1.807, 2.05) is 20.8 Å². The summed E-state index contributed by atoms with van der Waals surface area (Å²) in [6.07, 6.45) is 2.29.